The summed E-state index contributed by atoms with van der Waals surface area (Å²) in [6.07, 6.45) is 9.15. The van der Waals surface area contributed by atoms with Gasteiger partial charge in [-0.1, -0.05) is 35.1 Å². The molecule has 5 rings (SSSR count). The van der Waals surface area contributed by atoms with Crippen LogP contribution in [-0.4, -0.2) is 31.1 Å². The minimum absolute atomic E-state index is 0.255. The molecule has 1 atom stereocenters. The van der Waals surface area contributed by atoms with Crippen LogP contribution in [0.2, 0.25) is 5.02 Å². The van der Waals surface area contributed by atoms with Gasteiger partial charge in [0.2, 0.25) is 10.1 Å². The van der Waals surface area contributed by atoms with Crippen molar-refractivity contribution in [3.8, 4) is 11.3 Å². The molecule has 0 spiro atoms. The van der Waals surface area contributed by atoms with E-state index in [-0.39, 0.29) is 6.04 Å². The van der Waals surface area contributed by atoms with E-state index in [4.69, 9.17) is 21.7 Å². The van der Waals surface area contributed by atoms with Gasteiger partial charge in [-0.05, 0) is 31.4 Å². The maximum absolute atomic E-state index is 5.97. The summed E-state index contributed by atoms with van der Waals surface area (Å²) in [4.78, 5) is 15.7. The number of aromatic amines is 1. The third-order valence-corrected chi connectivity index (χ3v) is 5.97. The fraction of sp³-hybridized carbons (Fsp3) is 0.278. The number of nitrogens with zero attached hydrogens (tertiary/aromatic N) is 5. The maximum Gasteiger partial charge on any atom is 0.214 e. The number of anilines is 1. The Morgan fingerprint density at radius 3 is 2.85 bits per heavy atom. The highest BCUT2D eigenvalue weighted by atomic mass is 35.5. The first-order valence-electron chi connectivity index (χ1n) is 8.66. The molecular weight excluding hydrogens is 368 g/mol. The van der Waals surface area contributed by atoms with Crippen molar-refractivity contribution in [1.82, 2.24) is 24.6 Å². The standard InChI is InChI=1S/C18H17ClN6S/c19-13-6-4-12(5-7-13)14-11-25-17(22-14)26-18(23-25)24-10-2-1-3-15(24)16-20-8-9-21-16/h4-9,11,15H,1-3,10H2,(H,20,21). The van der Waals surface area contributed by atoms with E-state index in [0.717, 1.165) is 45.2 Å². The van der Waals surface area contributed by atoms with Crippen molar-refractivity contribution in [1.29, 1.82) is 0 Å². The quantitative estimate of drug-likeness (QED) is 0.562. The Hall–Kier alpha value is -2.38. The second-order valence-electron chi connectivity index (χ2n) is 6.42. The molecule has 4 aromatic rings. The SMILES string of the molecule is Clc1ccc(-c2cn3nc(N4CCCCC4c4ncc[nH]4)sc3n2)cc1. The zero-order chi connectivity index (χ0) is 17.5. The molecule has 0 amide bonds. The van der Waals surface area contributed by atoms with Crippen LogP contribution >= 0.6 is 22.9 Å². The molecule has 4 heterocycles. The third-order valence-electron chi connectivity index (χ3n) is 4.76. The normalized spacial score (nSPS) is 17.9. The molecule has 1 fully saturated rings. The lowest BCUT2D eigenvalue weighted by Gasteiger charge is -2.33. The number of halogens is 1. The summed E-state index contributed by atoms with van der Waals surface area (Å²) in [6.45, 7) is 0.992. The summed E-state index contributed by atoms with van der Waals surface area (Å²) in [6, 6.07) is 7.97. The molecule has 8 heteroatoms. The monoisotopic (exact) mass is 384 g/mol. The van der Waals surface area contributed by atoms with Crippen molar-refractivity contribution >= 4 is 33.0 Å². The number of aromatic nitrogens is 5. The molecule has 132 valence electrons. The highest BCUT2D eigenvalue weighted by molar-refractivity contribution is 7.20. The van der Waals surface area contributed by atoms with E-state index < -0.39 is 0 Å². The van der Waals surface area contributed by atoms with Gasteiger partial charge in [0.15, 0.2) is 0 Å². The van der Waals surface area contributed by atoms with Crippen LogP contribution in [0.15, 0.2) is 42.9 Å². The number of hydrogen-bond acceptors (Lipinski definition) is 5. The van der Waals surface area contributed by atoms with E-state index in [9.17, 15) is 0 Å². The molecule has 3 aromatic heterocycles. The first-order valence-corrected chi connectivity index (χ1v) is 9.85. The van der Waals surface area contributed by atoms with Gasteiger partial charge in [0, 0.05) is 29.5 Å². The number of rotatable bonds is 3. The average molecular weight is 385 g/mol. The lowest BCUT2D eigenvalue weighted by molar-refractivity contribution is 0.457. The molecule has 0 saturated carbocycles. The minimum Gasteiger partial charge on any atom is -0.347 e. The van der Waals surface area contributed by atoms with Crippen molar-refractivity contribution < 1.29 is 0 Å². The van der Waals surface area contributed by atoms with Gasteiger partial charge in [0.25, 0.3) is 0 Å². The summed E-state index contributed by atoms with van der Waals surface area (Å²) in [7, 11) is 0. The second-order valence-corrected chi connectivity index (χ2v) is 7.80. The topological polar surface area (TPSA) is 62.1 Å². The molecule has 0 aliphatic carbocycles. The Balaban J connectivity index is 1.47. The summed E-state index contributed by atoms with van der Waals surface area (Å²) in [5.41, 5.74) is 1.95. The first-order chi connectivity index (χ1) is 12.8. The molecule has 1 aliphatic rings. The van der Waals surface area contributed by atoms with E-state index in [0.29, 0.717) is 0 Å². The smallest absolute Gasteiger partial charge is 0.214 e. The van der Waals surface area contributed by atoms with Crippen LogP contribution in [0.5, 0.6) is 0 Å². The number of benzene rings is 1. The second kappa shape index (κ2) is 6.41. The van der Waals surface area contributed by atoms with Crippen LogP contribution in [-0.2, 0) is 0 Å². The van der Waals surface area contributed by atoms with Gasteiger partial charge in [-0.3, -0.25) is 0 Å². The largest absolute Gasteiger partial charge is 0.347 e. The molecular formula is C18H17ClN6S. The fourth-order valence-corrected chi connectivity index (χ4v) is 4.55. The summed E-state index contributed by atoms with van der Waals surface area (Å²) in [5.74, 6) is 1.01. The van der Waals surface area contributed by atoms with E-state index in [1.54, 1.807) is 11.3 Å². The average Bonchev–Trinajstić information content (AvgIpc) is 3.38. The Morgan fingerprint density at radius 2 is 2.08 bits per heavy atom. The first kappa shape index (κ1) is 15.8. The Morgan fingerprint density at radius 1 is 1.19 bits per heavy atom. The molecule has 0 radical (unpaired) electrons. The van der Waals surface area contributed by atoms with E-state index in [1.165, 1.54) is 12.8 Å². The summed E-state index contributed by atoms with van der Waals surface area (Å²) >= 11 is 7.59. The fourth-order valence-electron chi connectivity index (χ4n) is 3.47. The van der Waals surface area contributed by atoms with Gasteiger partial charge in [-0.2, -0.15) is 0 Å². The van der Waals surface area contributed by atoms with Crippen LogP contribution in [0.25, 0.3) is 16.2 Å². The summed E-state index contributed by atoms with van der Waals surface area (Å²) < 4.78 is 1.87. The van der Waals surface area contributed by atoms with Gasteiger partial charge < -0.3 is 9.88 Å². The zero-order valence-electron chi connectivity index (χ0n) is 14.0. The van der Waals surface area contributed by atoms with Crippen molar-refractivity contribution in [2.45, 2.75) is 25.3 Å². The predicted molar refractivity (Wildman–Crippen MR) is 104 cm³/mol. The maximum atomic E-state index is 5.97. The van der Waals surface area contributed by atoms with Crippen molar-refractivity contribution in [3.63, 3.8) is 0 Å². The van der Waals surface area contributed by atoms with Crippen LogP contribution in [0.3, 0.4) is 0 Å². The zero-order valence-corrected chi connectivity index (χ0v) is 15.5. The van der Waals surface area contributed by atoms with Crippen molar-refractivity contribution in [3.05, 3.63) is 53.7 Å². The number of piperidine rings is 1. The van der Waals surface area contributed by atoms with Crippen molar-refractivity contribution in [2.75, 3.05) is 11.4 Å². The van der Waals surface area contributed by atoms with E-state index >= 15 is 0 Å². The van der Waals surface area contributed by atoms with Crippen LogP contribution < -0.4 is 4.90 Å². The molecule has 6 nitrogen and oxygen atoms in total. The number of imidazole rings is 2. The predicted octanol–water partition coefficient (Wildman–Crippen LogP) is 4.57. The lowest BCUT2D eigenvalue weighted by atomic mass is 10.0. The Bertz CT molecular complexity index is 989. The minimum atomic E-state index is 0.255. The van der Waals surface area contributed by atoms with Gasteiger partial charge >= 0.3 is 0 Å². The lowest BCUT2D eigenvalue weighted by Crippen LogP contribution is -2.34. The van der Waals surface area contributed by atoms with Crippen LogP contribution in [0, 0.1) is 0 Å². The van der Waals surface area contributed by atoms with Gasteiger partial charge in [-0.25, -0.2) is 14.5 Å². The highest BCUT2D eigenvalue weighted by Crippen LogP contribution is 2.36. The van der Waals surface area contributed by atoms with Gasteiger partial charge in [-0.15, -0.1) is 5.10 Å². The third kappa shape index (κ3) is 2.77. The number of fused-ring (bicyclic) bond motifs is 1. The highest BCUT2D eigenvalue weighted by Gasteiger charge is 2.28. The Labute approximate surface area is 159 Å². The molecule has 1 unspecified atom stereocenters. The number of nitrogens with one attached hydrogen (secondary N) is 1. The molecule has 0 bridgehead atoms. The van der Waals surface area contributed by atoms with E-state index in [1.807, 2.05) is 47.4 Å². The Kier molecular flexibility index (Phi) is 3.90. The molecule has 1 aliphatic heterocycles. The molecule has 1 N–H and O–H groups in total. The van der Waals surface area contributed by atoms with E-state index in [2.05, 4.69) is 14.9 Å². The van der Waals surface area contributed by atoms with Crippen molar-refractivity contribution in [2.24, 2.45) is 0 Å². The molecule has 1 saturated heterocycles. The van der Waals surface area contributed by atoms with Gasteiger partial charge in [0.05, 0.1) is 17.9 Å². The van der Waals surface area contributed by atoms with Crippen LogP contribution in [0.4, 0.5) is 5.13 Å². The number of H-pyrrole nitrogens is 1. The molecule has 26 heavy (non-hydrogen) atoms. The van der Waals surface area contributed by atoms with Crippen LogP contribution in [0.1, 0.15) is 31.1 Å². The summed E-state index contributed by atoms with van der Waals surface area (Å²) in [5, 5.41) is 6.51. The van der Waals surface area contributed by atoms with Gasteiger partial charge in [0.1, 0.15) is 5.82 Å². The molecule has 1 aromatic carbocycles. The number of hydrogen-bond donors (Lipinski definition) is 1.